The monoisotopic (exact) mass is 401 g/mol. The molecule has 3 rings (SSSR count). The summed E-state index contributed by atoms with van der Waals surface area (Å²) in [6, 6.07) is -0.630. The summed E-state index contributed by atoms with van der Waals surface area (Å²) < 4.78 is 31.2. The van der Waals surface area contributed by atoms with E-state index in [0.29, 0.717) is 11.2 Å². The summed E-state index contributed by atoms with van der Waals surface area (Å²) in [4.78, 5) is 23.1. The van der Waals surface area contributed by atoms with Crippen LogP contribution in [0, 0.1) is 5.92 Å². The second-order valence-corrected chi connectivity index (χ2v) is 7.44. The van der Waals surface area contributed by atoms with Crippen LogP contribution in [0.15, 0.2) is 12.7 Å². The van der Waals surface area contributed by atoms with Gasteiger partial charge in [-0.15, -0.1) is 0 Å². The largest absolute Gasteiger partial charge is 0.390 e. The van der Waals surface area contributed by atoms with E-state index in [0.717, 1.165) is 0 Å². The number of aromatic nitrogens is 4. The van der Waals surface area contributed by atoms with E-state index in [1.54, 1.807) is 9.29 Å². The molecule has 0 spiro atoms. The first-order valence-corrected chi connectivity index (χ1v) is 9.33. The Morgan fingerprint density at radius 2 is 2.07 bits per heavy atom. The smallest absolute Gasteiger partial charge is 0.362 e. The molecule has 2 aromatic rings. The number of carbonyl (C=O) groups is 1. The molecule has 2 heterocycles. The standard InChI is InChI=1S/C13H19N7O6S/c14-2-8(21)19-27(24,25)26-3-6-1-7(11(23)10(6)22)20-5-18-9-12(15)16-4-17-13(9)20/h4-7,10-11,22-23H,1-3,14H2,(H,19,21)(H2,15,16,17)/t6-,7-,10?,11-/m1/s1. The van der Waals surface area contributed by atoms with Crippen LogP contribution in [0.5, 0.6) is 0 Å². The second kappa shape index (κ2) is 7.32. The van der Waals surface area contributed by atoms with Gasteiger partial charge in [-0.05, 0) is 6.42 Å². The SMILES string of the molecule is NCC(=O)NS(=O)(=O)OC[C@H]1C[C@@H](n2cnc3c(N)ncnc32)[C@@H](O)C1O. The van der Waals surface area contributed by atoms with Gasteiger partial charge in [0.1, 0.15) is 17.9 Å². The maximum atomic E-state index is 11.7. The Labute approximate surface area is 153 Å². The molecular formula is C13H19N7O6S. The minimum absolute atomic E-state index is 0.174. The number of anilines is 1. The fourth-order valence-electron chi connectivity index (χ4n) is 3.04. The Hall–Kier alpha value is -2.39. The number of amides is 1. The molecule has 1 fully saturated rings. The van der Waals surface area contributed by atoms with Crippen LogP contribution < -0.4 is 16.2 Å². The summed E-state index contributed by atoms with van der Waals surface area (Å²) in [7, 11) is -4.36. The molecule has 0 saturated heterocycles. The van der Waals surface area contributed by atoms with Crippen molar-refractivity contribution in [3.63, 3.8) is 0 Å². The summed E-state index contributed by atoms with van der Waals surface area (Å²) in [5.41, 5.74) is 11.5. The molecule has 0 aromatic carbocycles. The predicted octanol–water partition coefficient (Wildman–Crippen LogP) is -2.97. The number of nitrogen functional groups attached to an aromatic ring is 1. The third kappa shape index (κ3) is 3.84. The van der Waals surface area contributed by atoms with Crippen LogP contribution >= 0.6 is 0 Å². The Morgan fingerprint density at radius 3 is 2.78 bits per heavy atom. The van der Waals surface area contributed by atoms with Crippen molar-refractivity contribution in [1.29, 1.82) is 0 Å². The van der Waals surface area contributed by atoms with Crippen molar-refractivity contribution >= 4 is 33.2 Å². The van der Waals surface area contributed by atoms with E-state index >= 15 is 0 Å². The lowest BCUT2D eigenvalue weighted by Gasteiger charge is -2.18. The molecule has 0 aliphatic heterocycles. The normalized spacial score (nSPS) is 25.7. The quantitative estimate of drug-likeness (QED) is 0.330. The van der Waals surface area contributed by atoms with Crippen molar-refractivity contribution in [2.45, 2.75) is 24.7 Å². The summed E-state index contributed by atoms with van der Waals surface area (Å²) in [5, 5.41) is 20.6. The molecule has 13 nitrogen and oxygen atoms in total. The van der Waals surface area contributed by atoms with E-state index in [-0.39, 0.29) is 12.2 Å². The third-order valence-electron chi connectivity index (χ3n) is 4.38. The lowest BCUT2D eigenvalue weighted by molar-refractivity contribution is -0.118. The van der Waals surface area contributed by atoms with Gasteiger partial charge in [0.05, 0.1) is 31.6 Å². The van der Waals surface area contributed by atoms with Crippen molar-refractivity contribution in [3.8, 4) is 0 Å². The van der Waals surface area contributed by atoms with Gasteiger partial charge in [0.25, 0.3) is 0 Å². The summed E-state index contributed by atoms with van der Waals surface area (Å²) >= 11 is 0. The number of carbonyl (C=O) groups excluding carboxylic acids is 1. The highest BCUT2D eigenvalue weighted by molar-refractivity contribution is 7.85. The summed E-state index contributed by atoms with van der Waals surface area (Å²) in [6.07, 6.45) is 0.372. The molecule has 14 heteroatoms. The van der Waals surface area contributed by atoms with Crippen molar-refractivity contribution < 1.29 is 27.6 Å². The number of aliphatic hydroxyl groups is 2. The van der Waals surface area contributed by atoms with Gasteiger partial charge in [0, 0.05) is 5.92 Å². The van der Waals surface area contributed by atoms with Crippen LogP contribution in [0.4, 0.5) is 5.82 Å². The number of hydrogen-bond donors (Lipinski definition) is 5. The highest BCUT2D eigenvalue weighted by Crippen LogP contribution is 2.37. The zero-order valence-corrected chi connectivity index (χ0v) is 14.8. The Morgan fingerprint density at radius 1 is 1.33 bits per heavy atom. The summed E-state index contributed by atoms with van der Waals surface area (Å²) in [5.74, 6) is -1.47. The van der Waals surface area contributed by atoms with Crippen LogP contribution in [-0.2, 0) is 19.3 Å². The Kier molecular flexibility index (Phi) is 5.25. The highest BCUT2D eigenvalue weighted by atomic mass is 32.2. The fraction of sp³-hybridized carbons (Fsp3) is 0.538. The first kappa shape index (κ1) is 19.4. The van der Waals surface area contributed by atoms with Crippen LogP contribution in [0.25, 0.3) is 11.2 Å². The van der Waals surface area contributed by atoms with Gasteiger partial charge in [-0.1, -0.05) is 0 Å². The number of hydrogen-bond acceptors (Lipinski definition) is 11. The third-order valence-corrected chi connectivity index (χ3v) is 5.30. The minimum Gasteiger partial charge on any atom is -0.390 e. The molecule has 1 amide bonds. The van der Waals surface area contributed by atoms with Gasteiger partial charge < -0.3 is 26.2 Å². The van der Waals surface area contributed by atoms with Crippen molar-refractivity contribution in [2.24, 2.45) is 11.7 Å². The lowest BCUT2D eigenvalue weighted by atomic mass is 10.1. The van der Waals surface area contributed by atoms with Crippen LogP contribution in [-0.4, -0.2) is 69.4 Å². The van der Waals surface area contributed by atoms with E-state index in [2.05, 4.69) is 15.0 Å². The lowest BCUT2D eigenvalue weighted by Crippen LogP contribution is -2.38. The molecule has 4 atom stereocenters. The first-order chi connectivity index (χ1) is 12.7. The van der Waals surface area contributed by atoms with Gasteiger partial charge in [0.2, 0.25) is 5.91 Å². The Bertz CT molecular complexity index is 948. The van der Waals surface area contributed by atoms with Gasteiger partial charge in [-0.25, -0.2) is 19.7 Å². The number of aliphatic hydroxyl groups excluding tert-OH is 2. The van der Waals surface area contributed by atoms with Gasteiger partial charge in [0.15, 0.2) is 11.5 Å². The van der Waals surface area contributed by atoms with Crippen molar-refractivity contribution in [2.75, 3.05) is 18.9 Å². The molecule has 1 aliphatic carbocycles. The van der Waals surface area contributed by atoms with Crippen LogP contribution in [0.3, 0.4) is 0 Å². The van der Waals surface area contributed by atoms with E-state index in [1.165, 1.54) is 12.7 Å². The average molecular weight is 401 g/mol. The molecule has 148 valence electrons. The number of imidazole rings is 1. The molecule has 0 radical (unpaired) electrons. The van der Waals surface area contributed by atoms with E-state index in [4.69, 9.17) is 15.7 Å². The number of rotatable bonds is 6. The van der Waals surface area contributed by atoms with Crippen LogP contribution in [0.1, 0.15) is 12.5 Å². The highest BCUT2D eigenvalue weighted by Gasteiger charge is 2.43. The molecule has 1 saturated carbocycles. The van der Waals surface area contributed by atoms with E-state index < -0.39 is 53.5 Å². The van der Waals surface area contributed by atoms with Gasteiger partial charge in [-0.3, -0.25) is 8.98 Å². The minimum atomic E-state index is -4.36. The zero-order chi connectivity index (χ0) is 19.8. The fourth-order valence-corrected chi connectivity index (χ4v) is 3.82. The maximum Gasteiger partial charge on any atom is 0.362 e. The van der Waals surface area contributed by atoms with Gasteiger partial charge in [-0.2, -0.15) is 8.42 Å². The molecule has 1 unspecified atom stereocenters. The second-order valence-electron chi connectivity index (χ2n) is 6.10. The number of nitrogens with one attached hydrogen (secondary N) is 1. The van der Waals surface area contributed by atoms with Gasteiger partial charge >= 0.3 is 10.3 Å². The van der Waals surface area contributed by atoms with Crippen molar-refractivity contribution in [1.82, 2.24) is 24.2 Å². The molecule has 7 N–H and O–H groups in total. The van der Waals surface area contributed by atoms with Crippen molar-refractivity contribution in [3.05, 3.63) is 12.7 Å². The Balaban J connectivity index is 1.74. The number of nitrogens with zero attached hydrogens (tertiary/aromatic N) is 4. The predicted molar refractivity (Wildman–Crippen MR) is 91.0 cm³/mol. The zero-order valence-electron chi connectivity index (χ0n) is 14.0. The number of nitrogens with two attached hydrogens (primary N) is 2. The van der Waals surface area contributed by atoms with Crippen LogP contribution in [0.2, 0.25) is 0 Å². The molecule has 0 bridgehead atoms. The number of fused-ring (bicyclic) bond motifs is 1. The summed E-state index contributed by atoms with van der Waals surface area (Å²) in [6.45, 7) is -0.959. The van der Waals surface area contributed by atoms with E-state index in [9.17, 15) is 23.4 Å². The van der Waals surface area contributed by atoms with E-state index in [1.807, 2.05) is 0 Å². The first-order valence-electron chi connectivity index (χ1n) is 7.92. The molecular weight excluding hydrogens is 382 g/mol. The average Bonchev–Trinajstić information content (AvgIpc) is 3.16. The maximum absolute atomic E-state index is 11.7. The topological polar surface area (TPSA) is 209 Å². The molecule has 2 aromatic heterocycles. The molecule has 1 aliphatic rings. The molecule has 27 heavy (non-hydrogen) atoms.